The molecule has 2 aromatic carbocycles. The van der Waals surface area contributed by atoms with Crippen LogP contribution in [-0.2, 0) is 6.18 Å². The van der Waals surface area contributed by atoms with Crippen molar-refractivity contribution in [3.05, 3.63) is 64.7 Å². The first kappa shape index (κ1) is 15.7. The summed E-state index contributed by atoms with van der Waals surface area (Å²) in [5.74, 6) is 0. The normalized spacial score (nSPS) is 13.0. The van der Waals surface area contributed by atoms with Gasteiger partial charge in [0.05, 0.1) is 11.6 Å². The Labute approximate surface area is 125 Å². The van der Waals surface area contributed by atoms with Crippen molar-refractivity contribution in [2.75, 3.05) is 11.9 Å². The Bertz CT molecular complexity index is 597. The van der Waals surface area contributed by atoms with Gasteiger partial charge in [-0.3, -0.25) is 0 Å². The highest BCUT2D eigenvalue weighted by molar-refractivity contribution is 6.30. The molecule has 2 nitrogen and oxygen atoms in total. The van der Waals surface area contributed by atoms with Gasteiger partial charge in [-0.15, -0.1) is 0 Å². The van der Waals surface area contributed by atoms with E-state index in [1.807, 2.05) is 0 Å². The van der Waals surface area contributed by atoms with E-state index in [9.17, 15) is 13.2 Å². The lowest BCUT2D eigenvalue weighted by atomic mass is 9.99. The third kappa shape index (κ3) is 3.89. The number of nitrogens with two attached hydrogens (primary N) is 1. The van der Waals surface area contributed by atoms with E-state index in [0.717, 1.165) is 6.07 Å². The van der Waals surface area contributed by atoms with Crippen LogP contribution in [0.2, 0.25) is 5.02 Å². The van der Waals surface area contributed by atoms with E-state index in [2.05, 4.69) is 5.32 Å². The molecule has 0 aliphatic rings. The molecule has 112 valence electrons. The zero-order valence-corrected chi connectivity index (χ0v) is 11.7. The van der Waals surface area contributed by atoms with Crippen molar-refractivity contribution >= 4 is 17.3 Å². The van der Waals surface area contributed by atoms with Gasteiger partial charge in [0.15, 0.2) is 0 Å². The van der Waals surface area contributed by atoms with E-state index in [-0.39, 0.29) is 12.1 Å². The Balaban J connectivity index is 2.32. The summed E-state index contributed by atoms with van der Waals surface area (Å²) in [6.07, 6.45) is -4.41. The zero-order valence-electron chi connectivity index (χ0n) is 11.0. The standard InChI is InChI=1S/C15H14ClF3N2/c16-10-5-7-11(8-6-10)21-14(9-20)12-3-1-2-4-13(12)15(17,18)19/h1-8,14,21H,9,20H2. The van der Waals surface area contributed by atoms with Crippen LogP contribution in [0.3, 0.4) is 0 Å². The fourth-order valence-corrected chi connectivity index (χ4v) is 2.20. The molecule has 0 bridgehead atoms. The second-order valence-electron chi connectivity index (χ2n) is 4.52. The average molecular weight is 315 g/mol. The van der Waals surface area contributed by atoms with Gasteiger partial charge >= 0.3 is 6.18 Å². The molecule has 6 heteroatoms. The molecule has 0 radical (unpaired) electrons. The maximum Gasteiger partial charge on any atom is 0.416 e. The quantitative estimate of drug-likeness (QED) is 0.873. The van der Waals surface area contributed by atoms with E-state index in [1.165, 1.54) is 12.1 Å². The topological polar surface area (TPSA) is 38.0 Å². The van der Waals surface area contributed by atoms with Gasteiger partial charge in [0, 0.05) is 17.3 Å². The minimum absolute atomic E-state index is 0.0374. The molecule has 0 aliphatic carbocycles. The van der Waals surface area contributed by atoms with Crippen LogP contribution in [0.1, 0.15) is 17.2 Å². The summed E-state index contributed by atoms with van der Waals surface area (Å²) in [6, 6.07) is 11.5. The third-order valence-electron chi connectivity index (χ3n) is 3.06. The Morgan fingerprint density at radius 2 is 1.67 bits per heavy atom. The monoisotopic (exact) mass is 314 g/mol. The Hall–Kier alpha value is -1.72. The van der Waals surface area contributed by atoms with Crippen molar-refractivity contribution in [3.63, 3.8) is 0 Å². The molecular formula is C15H14ClF3N2. The smallest absolute Gasteiger partial charge is 0.377 e. The lowest BCUT2D eigenvalue weighted by Gasteiger charge is -2.22. The number of rotatable bonds is 4. The first-order valence-corrected chi connectivity index (χ1v) is 6.68. The molecule has 0 heterocycles. The lowest BCUT2D eigenvalue weighted by Crippen LogP contribution is -2.24. The van der Waals surface area contributed by atoms with Crippen molar-refractivity contribution in [1.82, 2.24) is 0 Å². The minimum atomic E-state index is -4.41. The molecule has 3 N–H and O–H groups in total. The van der Waals surface area contributed by atoms with Gasteiger partial charge in [0.2, 0.25) is 0 Å². The average Bonchev–Trinajstić information content (AvgIpc) is 2.46. The highest BCUT2D eigenvalue weighted by Crippen LogP contribution is 2.35. The van der Waals surface area contributed by atoms with Crippen LogP contribution in [0.15, 0.2) is 48.5 Å². The molecule has 2 rings (SSSR count). The van der Waals surface area contributed by atoms with Gasteiger partial charge in [-0.1, -0.05) is 29.8 Å². The van der Waals surface area contributed by atoms with Crippen molar-refractivity contribution < 1.29 is 13.2 Å². The Kier molecular flexibility index (Phi) is 4.75. The number of alkyl halides is 3. The van der Waals surface area contributed by atoms with Crippen LogP contribution in [0.25, 0.3) is 0 Å². The first-order valence-electron chi connectivity index (χ1n) is 6.30. The van der Waals surface area contributed by atoms with Gasteiger partial charge in [0.1, 0.15) is 0 Å². The summed E-state index contributed by atoms with van der Waals surface area (Å²) in [5, 5.41) is 3.56. The number of nitrogens with one attached hydrogen (secondary N) is 1. The highest BCUT2D eigenvalue weighted by Gasteiger charge is 2.34. The predicted octanol–water partition coefficient (Wildman–Crippen LogP) is 4.47. The predicted molar refractivity (Wildman–Crippen MR) is 78.3 cm³/mol. The molecule has 21 heavy (non-hydrogen) atoms. The largest absolute Gasteiger partial charge is 0.416 e. The summed E-state index contributed by atoms with van der Waals surface area (Å²) in [5.41, 5.74) is 5.75. The van der Waals surface area contributed by atoms with Crippen LogP contribution in [0, 0.1) is 0 Å². The molecular weight excluding hydrogens is 301 g/mol. The maximum absolute atomic E-state index is 13.1. The van der Waals surface area contributed by atoms with E-state index < -0.39 is 17.8 Å². The molecule has 0 aliphatic heterocycles. The first-order chi connectivity index (χ1) is 9.91. The lowest BCUT2D eigenvalue weighted by molar-refractivity contribution is -0.138. The summed E-state index contributed by atoms with van der Waals surface area (Å²) >= 11 is 5.78. The van der Waals surface area contributed by atoms with Gasteiger partial charge in [-0.05, 0) is 35.9 Å². The van der Waals surface area contributed by atoms with Gasteiger partial charge in [-0.25, -0.2) is 0 Å². The van der Waals surface area contributed by atoms with Crippen LogP contribution in [-0.4, -0.2) is 6.54 Å². The number of hydrogen-bond donors (Lipinski definition) is 2. The number of hydrogen-bond acceptors (Lipinski definition) is 2. The summed E-state index contributed by atoms with van der Waals surface area (Å²) < 4.78 is 39.2. The SMILES string of the molecule is NCC(Nc1ccc(Cl)cc1)c1ccccc1C(F)(F)F. The number of benzene rings is 2. The minimum Gasteiger partial charge on any atom is -0.377 e. The van der Waals surface area contributed by atoms with Gasteiger partial charge < -0.3 is 11.1 Å². The summed E-state index contributed by atoms with van der Waals surface area (Å²) in [7, 11) is 0. The fraction of sp³-hybridized carbons (Fsp3) is 0.200. The molecule has 2 aromatic rings. The number of anilines is 1. The van der Waals surface area contributed by atoms with Crippen molar-refractivity contribution in [2.45, 2.75) is 12.2 Å². The molecule has 0 amide bonds. The van der Waals surface area contributed by atoms with Crippen LogP contribution in [0.5, 0.6) is 0 Å². The van der Waals surface area contributed by atoms with Crippen LogP contribution < -0.4 is 11.1 Å². The van der Waals surface area contributed by atoms with E-state index in [0.29, 0.717) is 10.7 Å². The van der Waals surface area contributed by atoms with Crippen molar-refractivity contribution in [1.29, 1.82) is 0 Å². The molecule has 0 aromatic heterocycles. The molecule has 0 saturated heterocycles. The maximum atomic E-state index is 13.1. The van der Waals surface area contributed by atoms with Crippen LogP contribution in [0.4, 0.5) is 18.9 Å². The highest BCUT2D eigenvalue weighted by atomic mass is 35.5. The Morgan fingerprint density at radius 1 is 1.05 bits per heavy atom. The van der Waals surface area contributed by atoms with Gasteiger partial charge in [0.25, 0.3) is 0 Å². The van der Waals surface area contributed by atoms with E-state index in [1.54, 1.807) is 30.3 Å². The molecule has 1 unspecified atom stereocenters. The summed E-state index contributed by atoms with van der Waals surface area (Å²) in [4.78, 5) is 0. The zero-order chi connectivity index (χ0) is 15.5. The van der Waals surface area contributed by atoms with Crippen LogP contribution >= 0.6 is 11.6 Å². The van der Waals surface area contributed by atoms with E-state index >= 15 is 0 Å². The second kappa shape index (κ2) is 6.37. The Morgan fingerprint density at radius 3 is 2.24 bits per heavy atom. The molecule has 1 atom stereocenters. The van der Waals surface area contributed by atoms with Crippen molar-refractivity contribution in [2.24, 2.45) is 5.73 Å². The molecule has 0 fully saturated rings. The molecule has 0 saturated carbocycles. The van der Waals surface area contributed by atoms with E-state index in [4.69, 9.17) is 17.3 Å². The van der Waals surface area contributed by atoms with Crippen molar-refractivity contribution in [3.8, 4) is 0 Å². The summed E-state index contributed by atoms with van der Waals surface area (Å²) in [6.45, 7) is 0.0374. The second-order valence-corrected chi connectivity index (χ2v) is 4.96. The van der Waals surface area contributed by atoms with Gasteiger partial charge in [-0.2, -0.15) is 13.2 Å². The fourth-order valence-electron chi connectivity index (χ4n) is 2.07. The third-order valence-corrected chi connectivity index (χ3v) is 3.31. The molecule has 0 spiro atoms. The number of halogens is 4.